The van der Waals surface area contributed by atoms with Crippen LogP contribution in [0.1, 0.15) is 25.7 Å². The third kappa shape index (κ3) is 3.81. The first-order chi connectivity index (χ1) is 7.67. The summed E-state index contributed by atoms with van der Waals surface area (Å²) in [6.45, 7) is 0.101. The molecule has 0 aromatic heterocycles. The van der Waals surface area contributed by atoms with Crippen molar-refractivity contribution >= 4 is 11.9 Å². The van der Waals surface area contributed by atoms with Crippen LogP contribution in [-0.2, 0) is 19.1 Å². The summed E-state index contributed by atoms with van der Waals surface area (Å²) in [5, 5.41) is 2.50. The number of likely N-dealkylation sites (N-methyl/N-ethyl adjacent to an activating group) is 1. The van der Waals surface area contributed by atoms with E-state index >= 15 is 0 Å². The topological polar surface area (TPSA) is 64.6 Å². The van der Waals surface area contributed by atoms with E-state index in [-0.39, 0.29) is 30.5 Å². The van der Waals surface area contributed by atoms with Gasteiger partial charge in [0.2, 0.25) is 5.91 Å². The predicted octanol–water partition coefficient (Wildman–Crippen LogP) is 0.481. The summed E-state index contributed by atoms with van der Waals surface area (Å²) < 4.78 is 10.1. The number of methoxy groups -OCH3 is 1. The van der Waals surface area contributed by atoms with Crippen molar-refractivity contribution in [1.29, 1.82) is 0 Å². The van der Waals surface area contributed by atoms with Crippen LogP contribution in [-0.4, -0.2) is 38.7 Å². The second-order valence-corrected chi connectivity index (χ2v) is 3.98. The van der Waals surface area contributed by atoms with Gasteiger partial charge in [-0.25, -0.2) is 0 Å². The molecule has 1 saturated carbocycles. The summed E-state index contributed by atoms with van der Waals surface area (Å²) in [6.07, 6.45) is 3.29. The number of amides is 1. The summed E-state index contributed by atoms with van der Waals surface area (Å²) in [5.74, 6) is -0.246. The van der Waals surface area contributed by atoms with Gasteiger partial charge in [0.15, 0.2) is 0 Å². The Labute approximate surface area is 95.5 Å². The van der Waals surface area contributed by atoms with Crippen LogP contribution in [0.3, 0.4) is 0 Å². The van der Waals surface area contributed by atoms with Gasteiger partial charge in [-0.2, -0.15) is 0 Å². The fraction of sp³-hybridized carbons (Fsp3) is 0.818. The van der Waals surface area contributed by atoms with Crippen molar-refractivity contribution in [3.05, 3.63) is 0 Å². The summed E-state index contributed by atoms with van der Waals surface area (Å²) >= 11 is 0. The summed E-state index contributed by atoms with van der Waals surface area (Å²) in [5.41, 5.74) is 0. The van der Waals surface area contributed by atoms with Gasteiger partial charge in [-0.05, 0) is 25.7 Å². The van der Waals surface area contributed by atoms with E-state index in [2.05, 4.69) is 5.32 Å². The molecule has 0 aromatic rings. The van der Waals surface area contributed by atoms with Gasteiger partial charge in [0.25, 0.3) is 0 Å². The maximum absolute atomic E-state index is 11.3. The van der Waals surface area contributed by atoms with Gasteiger partial charge in [-0.1, -0.05) is 0 Å². The van der Waals surface area contributed by atoms with Crippen molar-refractivity contribution < 1.29 is 19.1 Å². The molecule has 0 unspecified atom stereocenters. The van der Waals surface area contributed by atoms with E-state index < -0.39 is 0 Å². The van der Waals surface area contributed by atoms with E-state index in [9.17, 15) is 9.59 Å². The second-order valence-electron chi connectivity index (χ2n) is 3.98. The molecule has 16 heavy (non-hydrogen) atoms. The van der Waals surface area contributed by atoms with Crippen molar-refractivity contribution in [2.24, 2.45) is 5.92 Å². The van der Waals surface area contributed by atoms with Crippen LogP contribution >= 0.6 is 0 Å². The van der Waals surface area contributed by atoms with E-state index in [0.29, 0.717) is 0 Å². The smallest absolute Gasteiger partial charge is 0.308 e. The zero-order valence-electron chi connectivity index (χ0n) is 9.82. The second kappa shape index (κ2) is 6.48. The van der Waals surface area contributed by atoms with E-state index in [1.807, 2.05) is 0 Å². The molecular weight excluding hydrogens is 210 g/mol. The highest BCUT2D eigenvalue weighted by molar-refractivity contribution is 5.76. The highest BCUT2D eigenvalue weighted by Gasteiger charge is 2.27. The van der Waals surface area contributed by atoms with Crippen LogP contribution in [0.15, 0.2) is 0 Å². The Morgan fingerprint density at radius 1 is 1.25 bits per heavy atom. The van der Waals surface area contributed by atoms with E-state index in [0.717, 1.165) is 25.7 Å². The first-order valence-corrected chi connectivity index (χ1v) is 5.57. The normalized spacial score (nSPS) is 24.9. The Bertz CT molecular complexity index is 246. The van der Waals surface area contributed by atoms with Crippen molar-refractivity contribution in [2.45, 2.75) is 31.8 Å². The molecule has 0 spiro atoms. The average Bonchev–Trinajstić information content (AvgIpc) is 2.35. The van der Waals surface area contributed by atoms with Gasteiger partial charge >= 0.3 is 5.97 Å². The molecule has 0 saturated heterocycles. The van der Waals surface area contributed by atoms with Crippen LogP contribution in [0, 0.1) is 5.92 Å². The third-order valence-corrected chi connectivity index (χ3v) is 2.94. The largest absolute Gasteiger partial charge is 0.469 e. The maximum Gasteiger partial charge on any atom is 0.308 e. The number of hydrogen-bond donors (Lipinski definition) is 1. The average molecular weight is 229 g/mol. The zero-order chi connectivity index (χ0) is 12.0. The molecule has 5 nitrogen and oxygen atoms in total. The lowest BCUT2D eigenvalue weighted by Crippen LogP contribution is -2.31. The standard InChI is InChI=1S/C11H19NO4/c1-12-10(13)7-16-9-5-3-8(4-6-9)11(14)15-2/h8-9H,3-7H2,1-2H3,(H,12,13). The van der Waals surface area contributed by atoms with Crippen molar-refractivity contribution in [1.82, 2.24) is 5.32 Å². The lowest BCUT2D eigenvalue weighted by atomic mass is 9.87. The molecule has 0 heterocycles. The van der Waals surface area contributed by atoms with E-state index in [4.69, 9.17) is 9.47 Å². The first-order valence-electron chi connectivity index (χ1n) is 5.57. The van der Waals surface area contributed by atoms with Crippen LogP contribution < -0.4 is 5.32 Å². The van der Waals surface area contributed by atoms with Crippen molar-refractivity contribution in [3.8, 4) is 0 Å². The lowest BCUT2D eigenvalue weighted by Gasteiger charge is -2.26. The molecule has 1 aliphatic rings. The predicted molar refractivity (Wildman–Crippen MR) is 57.8 cm³/mol. The minimum atomic E-state index is -0.134. The SMILES string of the molecule is CNC(=O)COC1CCC(C(=O)OC)CC1. The number of carbonyl (C=O) groups is 2. The van der Waals surface area contributed by atoms with Gasteiger partial charge in [-0.3, -0.25) is 9.59 Å². The number of nitrogens with one attached hydrogen (secondary N) is 1. The van der Waals surface area contributed by atoms with Crippen LogP contribution in [0.2, 0.25) is 0 Å². The maximum atomic E-state index is 11.3. The molecule has 0 aromatic carbocycles. The Hall–Kier alpha value is -1.10. The number of carbonyl (C=O) groups excluding carboxylic acids is 2. The van der Waals surface area contributed by atoms with Crippen LogP contribution in [0.4, 0.5) is 0 Å². The Kier molecular flexibility index (Phi) is 5.25. The third-order valence-electron chi connectivity index (χ3n) is 2.94. The summed E-state index contributed by atoms with van der Waals surface area (Å²) in [6, 6.07) is 0. The summed E-state index contributed by atoms with van der Waals surface area (Å²) in [7, 11) is 3.00. The molecule has 0 radical (unpaired) electrons. The van der Waals surface area contributed by atoms with Crippen LogP contribution in [0.5, 0.6) is 0 Å². The highest BCUT2D eigenvalue weighted by Crippen LogP contribution is 2.26. The summed E-state index contributed by atoms with van der Waals surface area (Å²) in [4.78, 5) is 22.2. The number of esters is 1. The molecular formula is C11H19NO4. The van der Waals surface area contributed by atoms with Gasteiger partial charge in [0, 0.05) is 7.05 Å². The molecule has 1 fully saturated rings. The molecule has 1 N–H and O–H groups in total. The van der Waals surface area contributed by atoms with Crippen molar-refractivity contribution in [2.75, 3.05) is 20.8 Å². The van der Waals surface area contributed by atoms with E-state index in [1.54, 1.807) is 7.05 Å². The fourth-order valence-electron chi connectivity index (χ4n) is 1.90. The minimum absolute atomic E-state index is 0.00449. The number of rotatable bonds is 4. The Balaban J connectivity index is 2.22. The zero-order valence-corrected chi connectivity index (χ0v) is 9.82. The molecule has 0 atom stereocenters. The van der Waals surface area contributed by atoms with E-state index in [1.165, 1.54) is 7.11 Å². The van der Waals surface area contributed by atoms with Gasteiger partial charge in [0.1, 0.15) is 6.61 Å². The molecule has 0 bridgehead atoms. The van der Waals surface area contributed by atoms with Gasteiger partial charge in [0.05, 0.1) is 19.1 Å². The molecule has 92 valence electrons. The number of hydrogen-bond acceptors (Lipinski definition) is 4. The quantitative estimate of drug-likeness (QED) is 0.712. The molecule has 1 amide bonds. The monoisotopic (exact) mass is 229 g/mol. The molecule has 5 heteroatoms. The first kappa shape index (κ1) is 13.0. The highest BCUT2D eigenvalue weighted by atomic mass is 16.5. The van der Waals surface area contributed by atoms with Gasteiger partial charge in [-0.15, -0.1) is 0 Å². The minimum Gasteiger partial charge on any atom is -0.469 e. The molecule has 0 aliphatic heterocycles. The van der Waals surface area contributed by atoms with Crippen molar-refractivity contribution in [3.63, 3.8) is 0 Å². The van der Waals surface area contributed by atoms with Crippen LogP contribution in [0.25, 0.3) is 0 Å². The molecule has 1 aliphatic carbocycles. The molecule has 1 rings (SSSR count). The Morgan fingerprint density at radius 3 is 2.38 bits per heavy atom. The Morgan fingerprint density at radius 2 is 1.88 bits per heavy atom. The van der Waals surface area contributed by atoms with Gasteiger partial charge < -0.3 is 14.8 Å². The lowest BCUT2D eigenvalue weighted by molar-refractivity contribution is -0.148. The number of ether oxygens (including phenoxy) is 2. The fourth-order valence-corrected chi connectivity index (χ4v) is 1.90.